The summed E-state index contributed by atoms with van der Waals surface area (Å²) in [5.41, 5.74) is 5.59. The topological polar surface area (TPSA) is 65.1 Å². The molecule has 0 spiro atoms. The van der Waals surface area contributed by atoms with Crippen molar-refractivity contribution in [3.8, 4) is 5.69 Å². The van der Waals surface area contributed by atoms with Gasteiger partial charge in [0.05, 0.1) is 10.6 Å². The Hall–Kier alpha value is -3.32. The number of pyridine rings is 1. The minimum atomic E-state index is -0.882. The van der Waals surface area contributed by atoms with Crippen LogP contribution in [0.1, 0.15) is 15.9 Å². The average Bonchev–Trinajstić information content (AvgIpc) is 2.99. The molecule has 2 N–H and O–H groups in total. The molecule has 0 aliphatic heterocycles. The highest BCUT2D eigenvalue weighted by Crippen LogP contribution is 2.36. The highest BCUT2D eigenvalue weighted by Gasteiger charge is 2.23. The standard InChI is InChI=1S/C20H12F2N2O2S/c21-13-7-4-8-14(22)17(13)24-15(25)10-9-12-16(19(23)27-20(12)24)18(26)11-5-2-1-3-6-11/h1-10H,23H2. The summed E-state index contributed by atoms with van der Waals surface area (Å²) in [6, 6.07) is 14.5. The number of halogens is 2. The van der Waals surface area contributed by atoms with E-state index in [-0.39, 0.29) is 21.2 Å². The number of rotatable bonds is 3. The third kappa shape index (κ3) is 2.72. The first-order valence-electron chi connectivity index (χ1n) is 7.97. The molecule has 7 heteroatoms. The molecule has 2 aromatic carbocycles. The number of hydrogen-bond donors (Lipinski definition) is 1. The maximum atomic E-state index is 14.3. The Bertz CT molecular complexity index is 1230. The van der Waals surface area contributed by atoms with Gasteiger partial charge in [-0.15, -0.1) is 0 Å². The van der Waals surface area contributed by atoms with Gasteiger partial charge in [-0.1, -0.05) is 47.7 Å². The zero-order valence-corrected chi connectivity index (χ0v) is 14.6. The number of ketones is 1. The number of para-hydroxylation sites is 1. The number of fused-ring (bicyclic) bond motifs is 1. The van der Waals surface area contributed by atoms with Gasteiger partial charge in [-0.05, 0) is 18.2 Å². The van der Waals surface area contributed by atoms with Crippen molar-refractivity contribution in [3.63, 3.8) is 0 Å². The summed E-state index contributed by atoms with van der Waals surface area (Å²) < 4.78 is 29.5. The second kappa shape index (κ2) is 6.44. The highest BCUT2D eigenvalue weighted by molar-refractivity contribution is 7.22. The summed E-state index contributed by atoms with van der Waals surface area (Å²) in [6.07, 6.45) is 0. The first-order valence-corrected chi connectivity index (χ1v) is 8.79. The molecule has 0 aliphatic carbocycles. The lowest BCUT2D eigenvalue weighted by molar-refractivity contribution is 0.104. The van der Waals surface area contributed by atoms with Crippen molar-refractivity contribution in [2.75, 3.05) is 5.73 Å². The molecule has 0 atom stereocenters. The predicted octanol–water partition coefficient (Wildman–Crippen LogP) is 4.14. The molecule has 0 saturated carbocycles. The van der Waals surface area contributed by atoms with Gasteiger partial charge < -0.3 is 5.73 Å². The predicted molar refractivity (Wildman–Crippen MR) is 102 cm³/mol. The molecule has 4 aromatic rings. The molecule has 0 radical (unpaired) electrons. The number of benzene rings is 2. The summed E-state index contributed by atoms with van der Waals surface area (Å²) in [6.45, 7) is 0. The molecule has 2 aromatic heterocycles. The molecule has 0 bridgehead atoms. The molecule has 4 rings (SSSR count). The Morgan fingerprint density at radius 1 is 0.926 bits per heavy atom. The summed E-state index contributed by atoms with van der Waals surface area (Å²) in [5, 5.41) is 0.545. The first kappa shape index (κ1) is 17.1. The Labute approximate surface area is 156 Å². The third-order valence-electron chi connectivity index (χ3n) is 4.19. The number of anilines is 1. The van der Waals surface area contributed by atoms with Crippen LogP contribution in [0.4, 0.5) is 13.8 Å². The van der Waals surface area contributed by atoms with Crippen LogP contribution in [0.2, 0.25) is 0 Å². The summed E-state index contributed by atoms with van der Waals surface area (Å²) in [7, 11) is 0. The molecule has 0 unspecified atom stereocenters. The number of thiophene rings is 1. The Morgan fingerprint density at radius 2 is 1.59 bits per heavy atom. The van der Waals surface area contributed by atoms with E-state index in [0.717, 1.165) is 28.0 Å². The molecular weight excluding hydrogens is 370 g/mol. The number of carbonyl (C=O) groups is 1. The second-order valence-electron chi connectivity index (χ2n) is 5.83. The van der Waals surface area contributed by atoms with E-state index in [1.54, 1.807) is 30.3 Å². The lowest BCUT2D eigenvalue weighted by Crippen LogP contribution is -2.19. The van der Waals surface area contributed by atoms with Crippen LogP contribution < -0.4 is 11.3 Å². The number of carbonyl (C=O) groups excluding carboxylic acids is 1. The van der Waals surface area contributed by atoms with Gasteiger partial charge in [0, 0.05) is 17.0 Å². The maximum absolute atomic E-state index is 14.3. The van der Waals surface area contributed by atoms with Crippen molar-refractivity contribution < 1.29 is 13.6 Å². The van der Waals surface area contributed by atoms with Gasteiger partial charge in [-0.25, -0.2) is 8.78 Å². The quantitative estimate of drug-likeness (QED) is 0.542. The molecule has 0 fully saturated rings. The minimum absolute atomic E-state index is 0.176. The minimum Gasteiger partial charge on any atom is -0.390 e. The number of nitrogens with zero attached hydrogens (tertiary/aromatic N) is 1. The Balaban J connectivity index is 2.04. The van der Waals surface area contributed by atoms with E-state index in [1.807, 2.05) is 0 Å². The summed E-state index contributed by atoms with van der Waals surface area (Å²) in [4.78, 5) is 25.5. The number of nitrogens with two attached hydrogens (primary N) is 1. The van der Waals surface area contributed by atoms with Crippen LogP contribution in [-0.4, -0.2) is 10.4 Å². The monoisotopic (exact) mass is 382 g/mol. The zero-order chi connectivity index (χ0) is 19.1. The van der Waals surface area contributed by atoms with E-state index >= 15 is 0 Å². The molecule has 2 heterocycles. The maximum Gasteiger partial charge on any atom is 0.256 e. The van der Waals surface area contributed by atoms with Gasteiger partial charge in [0.1, 0.15) is 22.2 Å². The van der Waals surface area contributed by atoms with E-state index in [4.69, 9.17) is 5.73 Å². The molecular formula is C20H12F2N2O2S. The normalized spacial score (nSPS) is 11.0. The van der Waals surface area contributed by atoms with Crippen molar-refractivity contribution in [1.29, 1.82) is 0 Å². The number of nitrogen functional groups attached to an aromatic ring is 1. The van der Waals surface area contributed by atoms with Gasteiger partial charge in [-0.3, -0.25) is 14.2 Å². The van der Waals surface area contributed by atoms with Crippen LogP contribution in [0.5, 0.6) is 0 Å². The Morgan fingerprint density at radius 3 is 2.26 bits per heavy atom. The second-order valence-corrected chi connectivity index (χ2v) is 6.86. The molecule has 4 nitrogen and oxygen atoms in total. The summed E-state index contributed by atoms with van der Waals surface area (Å²) in [5.74, 6) is -2.08. The van der Waals surface area contributed by atoms with Crippen molar-refractivity contribution in [1.82, 2.24) is 4.57 Å². The van der Waals surface area contributed by atoms with E-state index < -0.39 is 22.9 Å². The van der Waals surface area contributed by atoms with E-state index in [9.17, 15) is 18.4 Å². The van der Waals surface area contributed by atoms with Crippen LogP contribution in [0, 0.1) is 11.6 Å². The fourth-order valence-electron chi connectivity index (χ4n) is 2.98. The SMILES string of the molecule is Nc1sc2c(ccc(=O)n2-c2c(F)cccc2F)c1C(=O)c1ccccc1. The largest absolute Gasteiger partial charge is 0.390 e. The molecule has 0 amide bonds. The van der Waals surface area contributed by atoms with Crippen LogP contribution in [0.25, 0.3) is 15.9 Å². The fraction of sp³-hybridized carbons (Fsp3) is 0. The third-order valence-corrected chi connectivity index (χ3v) is 5.21. The fourth-order valence-corrected chi connectivity index (χ4v) is 4.05. The number of aromatic nitrogens is 1. The smallest absolute Gasteiger partial charge is 0.256 e. The molecule has 134 valence electrons. The van der Waals surface area contributed by atoms with Crippen molar-refractivity contribution >= 4 is 32.3 Å². The van der Waals surface area contributed by atoms with Gasteiger partial charge in [0.2, 0.25) is 0 Å². The highest BCUT2D eigenvalue weighted by atomic mass is 32.1. The van der Waals surface area contributed by atoms with Crippen LogP contribution in [0.3, 0.4) is 0 Å². The lowest BCUT2D eigenvalue weighted by Gasteiger charge is -2.09. The average molecular weight is 382 g/mol. The molecule has 0 saturated heterocycles. The van der Waals surface area contributed by atoms with Crippen LogP contribution >= 0.6 is 11.3 Å². The van der Waals surface area contributed by atoms with Gasteiger partial charge in [-0.2, -0.15) is 0 Å². The van der Waals surface area contributed by atoms with Gasteiger partial charge in [0.25, 0.3) is 5.56 Å². The molecule has 27 heavy (non-hydrogen) atoms. The van der Waals surface area contributed by atoms with Crippen molar-refractivity contribution in [3.05, 3.63) is 93.8 Å². The van der Waals surface area contributed by atoms with E-state index in [1.165, 1.54) is 18.2 Å². The van der Waals surface area contributed by atoms with Crippen LogP contribution in [0.15, 0.2) is 65.5 Å². The van der Waals surface area contributed by atoms with Gasteiger partial charge >= 0.3 is 0 Å². The Kier molecular flexibility index (Phi) is 4.08. The molecule has 0 aliphatic rings. The van der Waals surface area contributed by atoms with Crippen molar-refractivity contribution in [2.45, 2.75) is 0 Å². The van der Waals surface area contributed by atoms with Crippen molar-refractivity contribution in [2.24, 2.45) is 0 Å². The summed E-state index contributed by atoms with van der Waals surface area (Å²) >= 11 is 0.941. The first-order chi connectivity index (χ1) is 13.0. The van der Waals surface area contributed by atoms with Gasteiger partial charge in [0.15, 0.2) is 5.78 Å². The van der Waals surface area contributed by atoms with E-state index in [2.05, 4.69) is 0 Å². The van der Waals surface area contributed by atoms with Crippen LogP contribution in [-0.2, 0) is 0 Å². The van der Waals surface area contributed by atoms with E-state index in [0.29, 0.717) is 10.9 Å². The number of hydrogen-bond acceptors (Lipinski definition) is 4. The lowest BCUT2D eigenvalue weighted by atomic mass is 10.0. The zero-order valence-electron chi connectivity index (χ0n) is 13.8.